The Morgan fingerprint density at radius 3 is 2.82 bits per heavy atom. The van der Waals surface area contributed by atoms with Gasteiger partial charge in [0.1, 0.15) is 0 Å². The van der Waals surface area contributed by atoms with E-state index in [9.17, 15) is 4.39 Å². The second kappa shape index (κ2) is 4.47. The molecule has 0 spiro atoms. The molecule has 0 bridgehead atoms. The topological polar surface area (TPSA) is 55.0 Å². The molecule has 1 fully saturated rings. The molecule has 17 heavy (non-hydrogen) atoms. The van der Waals surface area contributed by atoms with Crippen LogP contribution in [0.25, 0.3) is 0 Å². The SMILES string of the molecule is CC1CC(C)C(C)N(c2nc(N)ncc2F)C1. The molecule has 0 amide bonds. The van der Waals surface area contributed by atoms with Crippen LogP contribution in [0.3, 0.4) is 0 Å². The molecule has 1 aromatic rings. The summed E-state index contributed by atoms with van der Waals surface area (Å²) in [4.78, 5) is 9.70. The molecular weight excluding hydrogens is 219 g/mol. The molecule has 4 nitrogen and oxygen atoms in total. The summed E-state index contributed by atoms with van der Waals surface area (Å²) in [5.41, 5.74) is 5.53. The maximum atomic E-state index is 13.8. The molecule has 94 valence electrons. The van der Waals surface area contributed by atoms with Crippen LogP contribution in [0.5, 0.6) is 0 Å². The van der Waals surface area contributed by atoms with E-state index in [1.807, 2.05) is 4.90 Å². The minimum Gasteiger partial charge on any atom is -0.368 e. The van der Waals surface area contributed by atoms with E-state index in [2.05, 4.69) is 30.7 Å². The van der Waals surface area contributed by atoms with Crippen LogP contribution in [0, 0.1) is 17.7 Å². The number of halogens is 1. The Morgan fingerprint density at radius 2 is 2.12 bits per heavy atom. The van der Waals surface area contributed by atoms with Crippen LogP contribution in [0.1, 0.15) is 27.2 Å². The van der Waals surface area contributed by atoms with E-state index in [4.69, 9.17) is 5.73 Å². The van der Waals surface area contributed by atoms with E-state index < -0.39 is 5.82 Å². The molecular formula is C12H19FN4. The molecule has 5 heteroatoms. The number of nitrogens with two attached hydrogens (primary N) is 1. The maximum absolute atomic E-state index is 13.8. The number of piperidine rings is 1. The van der Waals surface area contributed by atoms with Gasteiger partial charge in [-0.15, -0.1) is 0 Å². The van der Waals surface area contributed by atoms with Crippen molar-refractivity contribution in [3.05, 3.63) is 12.0 Å². The summed E-state index contributed by atoms with van der Waals surface area (Å²) < 4.78 is 13.8. The molecule has 0 aromatic carbocycles. The van der Waals surface area contributed by atoms with Crippen molar-refractivity contribution >= 4 is 11.8 Å². The second-order valence-electron chi connectivity index (χ2n) is 5.11. The minimum atomic E-state index is -0.396. The predicted molar refractivity (Wildman–Crippen MR) is 66.2 cm³/mol. The average Bonchev–Trinajstić information content (AvgIpc) is 2.27. The Kier molecular flexibility index (Phi) is 3.17. The lowest BCUT2D eigenvalue weighted by Crippen LogP contribution is -2.46. The van der Waals surface area contributed by atoms with Crippen LogP contribution < -0.4 is 10.6 Å². The second-order valence-corrected chi connectivity index (χ2v) is 5.11. The Balaban J connectivity index is 2.34. The lowest BCUT2D eigenvalue weighted by molar-refractivity contribution is 0.293. The van der Waals surface area contributed by atoms with Crippen molar-refractivity contribution in [3.63, 3.8) is 0 Å². The number of hydrogen-bond acceptors (Lipinski definition) is 4. The van der Waals surface area contributed by atoms with Crippen LogP contribution >= 0.6 is 0 Å². The van der Waals surface area contributed by atoms with Crippen molar-refractivity contribution in [2.75, 3.05) is 17.2 Å². The molecule has 1 saturated heterocycles. The van der Waals surface area contributed by atoms with Crippen LogP contribution in [0.2, 0.25) is 0 Å². The van der Waals surface area contributed by atoms with Gasteiger partial charge < -0.3 is 10.6 Å². The van der Waals surface area contributed by atoms with Gasteiger partial charge in [0.25, 0.3) is 0 Å². The lowest BCUT2D eigenvalue weighted by atomic mass is 9.86. The van der Waals surface area contributed by atoms with Crippen LogP contribution in [0.4, 0.5) is 16.2 Å². The summed E-state index contributed by atoms with van der Waals surface area (Å²) in [5, 5.41) is 0. The normalized spacial score (nSPS) is 29.4. The smallest absolute Gasteiger partial charge is 0.222 e. The van der Waals surface area contributed by atoms with E-state index in [1.54, 1.807) is 0 Å². The van der Waals surface area contributed by atoms with E-state index >= 15 is 0 Å². The highest BCUT2D eigenvalue weighted by atomic mass is 19.1. The molecule has 2 N–H and O–H groups in total. The fraction of sp³-hybridized carbons (Fsp3) is 0.667. The molecule has 0 radical (unpaired) electrons. The number of hydrogen-bond donors (Lipinski definition) is 1. The van der Waals surface area contributed by atoms with E-state index in [1.165, 1.54) is 6.42 Å². The van der Waals surface area contributed by atoms with Crippen LogP contribution in [-0.2, 0) is 0 Å². The van der Waals surface area contributed by atoms with Crippen molar-refractivity contribution in [3.8, 4) is 0 Å². The summed E-state index contributed by atoms with van der Waals surface area (Å²) in [5.74, 6) is 1.13. The first-order valence-corrected chi connectivity index (χ1v) is 6.03. The predicted octanol–water partition coefficient (Wildman–Crippen LogP) is 2.07. The Hall–Kier alpha value is -1.39. The Morgan fingerprint density at radius 1 is 1.41 bits per heavy atom. The minimum absolute atomic E-state index is 0.125. The first-order chi connectivity index (χ1) is 7.99. The summed E-state index contributed by atoms with van der Waals surface area (Å²) >= 11 is 0. The molecule has 1 aliphatic heterocycles. The Labute approximate surface area is 101 Å². The highest BCUT2D eigenvalue weighted by molar-refractivity contribution is 5.44. The van der Waals surface area contributed by atoms with Gasteiger partial charge in [-0.3, -0.25) is 0 Å². The van der Waals surface area contributed by atoms with Gasteiger partial charge in [-0.05, 0) is 25.2 Å². The summed E-state index contributed by atoms with van der Waals surface area (Å²) in [6.07, 6.45) is 2.31. The fourth-order valence-corrected chi connectivity index (χ4v) is 2.57. The molecule has 3 atom stereocenters. The average molecular weight is 238 g/mol. The number of nitrogen functional groups attached to an aromatic ring is 1. The first kappa shape index (κ1) is 12.1. The van der Waals surface area contributed by atoms with Crippen molar-refractivity contribution in [2.24, 2.45) is 11.8 Å². The standard InChI is InChI=1S/C12H19FN4/c1-7-4-8(2)9(3)17(6-7)11-10(13)5-15-12(14)16-11/h5,7-9H,4,6H2,1-3H3,(H2,14,15,16). The number of nitrogens with zero attached hydrogens (tertiary/aromatic N) is 3. The van der Waals surface area contributed by atoms with Gasteiger partial charge in [0, 0.05) is 12.6 Å². The summed E-state index contributed by atoms with van der Waals surface area (Å²) in [7, 11) is 0. The Bertz CT molecular complexity index is 409. The van der Waals surface area contributed by atoms with Crippen LogP contribution in [0.15, 0.2) is 6.20 Å². The third-order valence-electron chi connectivity index (χ3n) is 3.61. The van der Waals surface area contributed by atoms with Gasteiger partial charge >= 0.3 is 0 Å². The molecule has 3 unspecified atom stereocenters. The third kappa shape index (κ3) is 2.33. The molecule has 1 aliphatic rings. The van der Waals surface area contributed by atoms with Gasteiger partial charge in [0.2, 0.25) is 5.95 Å². The van der Waals surface area contributed by atoms with E-state index in [-0.39, 0.29) is 12.0 Å². The fourth-order valence-electron chi connectivity index (χ4n) is 2.57. The number of aromatic nitrogens is 2. The molecule has 0 saturated carbocycles. The van der Waals surface area contributed by atoms with Gasteiger partial charge in [-0.25, -0.2) is 9.37 Å². The van der Waals surface area contributed by atoms with Crippen molar-refractivity contribution in [2.45, 2.75) is 33.2 Å². The van der Waals surface area contributed by atoms with Crippen molar-refractivity contribution in [1.82, 2.24) is 9.97 Å². The van der Waals surface area contributed by atoms with Crippen molar-refractivity contribution < 1.29 is 4.39 Å². The number of rotatable bonds is 1. The highest BCUT2D eigenvalue weighted by Crippen LogP contribution is 2.31. The van der Waals surface area contributed by atoms with Crippen LogP contribution in [-0.4, -0.2) is 22.6 Å². The number of anilines is 2. The van der Waals surface area contributed by atoms with Gasteiger partial charge in [0.05, 0.1) is 6.20 Å². The molecule has 0 aliphatic carbocycles. The summed E-state index contributed by atoms with van der Waals surface area (Å²) in [6, 6.07) is 0.273. The zero-order chi connectivity index (χ0) is 12.6. The zero-order valence-electron chi connectivity index (χ0n) is 10.5. The van der Waals surface area contributed by atoms with Gasteiger partial charge in [0.15, 0.2) is 11.6 Å². The molecule has 2 heterocycles. The maximum Gasteiger partial charge on any atom is 0.222 e. The zero-order valence-corrected chi connectivity index (χ0v) is 10.5. The third-order valence-corrected chi connectivity index (χ3v) is 3.61. The molecule has 2 rings (SSSR count). The van der Waals surface area contributed by atoms with Gasteiger partial charge in [-0.2, -0.15) is 4.98 Å². The largest absolute Gasteiger partial charge is 0.368 e. The van der Waals surface area contributed by atoms with Gasteiger partial charge in [-0.1, -0.05) is 13.8 Å². The quantitative estimate of drug-likeness (QED) is 0.813. The highest BCUT2D eigenvalue weighted by Gasteiger charge is 2.31. The lowest BCUT2D eigenvalue weighted by Gasteiger charge is -2.41. The summed E-state index contributed by atoms with van der Waals surface area (Å²) in [6.45, 7) is 7.29. The van der Waals surface area contributed by atoms with E-state index in [0.29, 0.717) is 17.7 Å². The van der Waals surface area contributed by atoms with E-state index in [0.717, 1.165) is 12.7 Å². The van der Waals surface area contributed by atoms with Crippen molar-refractivity contribution in [1.29, 1.82) is 0 Å². The molecule has 1 aromatic heterocycles. The monoisotopic (exact) mass is 238 g/mol. The first-order valence-electron chi connectivity index (χ1n) is 6.03.